The van der Waals surface area contributed by atoms with Crippen molar-refractivity contribution >= 4 is 38.9 Å². The molecule has 0 radical (unpaired) electrons. The van der Waals surface area contributed by atoms with E-state index in [1.165, 1.54) is 12.1 Å². The number of aliphatic hydroxyl groups excluding tert-OH is 1. The first-order chi connectivity index (χ1) is 9.31. The van der Waals surface area contributed by atoms with Gasteiger partial charge in [0, 0.05) is 12.2 Å². The van der Waals surface area contributed by atoms with Crippen molar-refractivity contribution in [2.45, 2.75) is 30.3 Å². The van der Waals surface area contributed by atoms with Gasteiger partial charge in [0.2, 0.25) is 10.0 Å². The molecule has 4 N–H and O–H groups in total. The van der Waals surface area contributed by atoms with E-state index in [4.69, 9.17) is 28.9 Å². The second-order valence-corrected chi connectivity index (χ2v) is 7.44. The summed E-state index contributed by atoms with van der Waals surface area (Å²) < 4.78 is 26.9. The molecule has 1 saturated carbocycles. The molecule has 112 valence electrons. The van der Waals surface area contributed by atoms with Gasteiger partial charge in [0.25, 0.3) is 0 Å². The molecule has 0 spiro atoms. The summed E-state index contributed by atoms with van der Waals surface area (Å²) in [4.78, 5) is -0.178. The molecule has 1 fully saturated rings. The molecule has 1 aliphatic carbocycles. The number of aliphatic hydroxyl groups is 1. The summed E-state index contributed by atoms with van der Waals surface area (Å²) in [5, 5.41) is 9.66. The quantitative estimate of drug-likeness (QED) is 0.732. The second-order valence-electron chi connectivity index (χ2n) is 4.92. The SMILES string of the molecule is Nc1cc(Cl)c(S(=O)(=O)NCC2CCCC2O)c(Cl)c1. The summed E-state index contributed by atoms with van der Waals surface area (Å²) in [6.07, 6.45) is 1.94. The van der Waals surface area contributed by atoms with E-state index in [9.17, 15) is 13.5 Å². The highest BCUT2D eigenvalue weighted by Gasteiger charge is 2.28. The van der Waals surface area contributed by atoms with E-state index >= 15 is 0 Å². The van der Waals surface area contributed by atoms with E-state index in [-0.39, 0.29) is 27.4 Å². The standard InChI is InChI=1S/C12H16Cl2N2O3S/c13-9-4-8(15)5-10(14)12(9)20(18,19)16-6-7-2-1-3-11(7)17/h4-5,7,11,16-17H,1-3,6,15H2. The van der Waals surface area contributed by atoms with Gasteiger partial charge in [0.15, 0.2) is 0 Å². The predicted molar refractivity (Wildman–Crippen MR) is 79.4 cm³/mol. The zero-order valence-corrected chi connectivity index (χ0v) is 13.0. The lowest BCUT2D eigenvalue weighted by atomic mass is 10.1. The zero-order valence-electron chi connectivity index (χ0n) is 10.6. The monoisotopic (exact) mass is 338 g/mol. The Balaban J connectivity index is 2.18. The van der Waals surface area contributed by atoms with E-state index in [0.717, 1.165) is 12.8 Å². The van der Waals surface area contributed by atoms with Crippen molar-refractivity contribution in [3.05, 3.63) is 22.2 Å². The maximum absolute atomic E-state index is 12.2. The van der Waals surface area contributed by atoms with E-state index in [2.05, 4.69) is 4.72 Å². The minimum Gasteiger partial charge on any atom is -0.399 e. The molecule has 0 aromatic heterocycles. The van der Waals surface area contributed by atoms with Gasteiger partial charge in [-0.1, -0.05) is 29.6 Å². The van der Waals surface area contributed by atoms with Gasteiger partial charge in [-0.3, -0.25) is 0 Å². The Bertz CT molecular complexity index is 584. The zero-order chi connectivity index (χ0) is 14.9. The van der Waals surface area contributed by atoms with Gasteiger partial charge < -0.3 is 10.8 Å². The van der Waals surface area contributed by atoms with Crippen molar-refractivity contribution < 1.29 is 13.5 Å². The highest BCUT2D eigenvalue weighted by Crippen LogP contribution is 2.32. The number of anilines is 1. The molecule has 0 heterocycles. The summed E-state index contributed by atoms with van der Waals surface area (Å²) >= 11 is 11.8. The van der Waals surface area contributed by atoms with Crippen molar-refractivity contribution in [3.63, 3.8) is 0 Å². The molecule has 0 bridgehead atoms. The smallest absolute Gasteiger partial charge is 0.243 e. The van der Waals surface area contributed by atoms with Gasteiger partial charge in [-0.25, -0.2) is 13.1 Å². The van der Waals surface area contributed by atoms with Crippen LogP contribution < -0.4 is 10.5 Å². The second kappa shape index (κ2) is 6.07. The normalized spacial score (nSPS) is 23.1. The minimum absolute atomic E-state index is 0.0190. The molecule has 2 unspecified atom stereocenters. The molecular weight excluding hydrogens is 323 g/mol. The fourth-order valence-electron chi connectivity index (χ4n) is 2.38. The van der Waals surface area contributed by atoms with Crippen LogP contribution in [0.2, 0.25) is 10.0 Å². The fourth-order valence-corrected chi connectivity index (χ4v) is 4.70. The topological polar surface area (TPSA) is 92.4 Å². The average Bonchev–Trinajstić information content (AvgIpc) is 2.70. The first-order valence-corrected chi connectivity index (χ1v) is 8.47. The average molecular weight is 339 g/mol. The van der Waals surface area contributed by atoms with Gasteiger partial charge in [-0.05, 0) is 30.9 Å². The highest BCUT2D eigenvalue weighted by atomic mass is 35.5. The summed E-state index contributed by atoms with van der Waals surface area (Å²) in [7, 11) is -3.83. The largest absolute Gasteiger partial charge is 0.399 e. The van der Waals surface area contributed by atoms with Gasteiger partial charge in [-0.2, -0.15) is 0 Å². The predicted octanol–water partition coefficient (Wildman–Crippen LogP) is 2.01. The number of hydrogen-bond donors (Lipinski definition) is 3. The number of rotatable bonds is 4. The Labute approximate surface area is 128 Å². The van der Waals surface area contributed by atoms with Gasteiger partial charge in [0.05, 0.1) is 16.1 Å². The van der Waals surface area contributed by atoms with E-state index in [0.29, 0.717) is 12.1 Å². The van der Waals surface area contributed by atoms with Crippen LogP contribution in [0.25, 0.3) is 0 Å². The molecule has 20 heavy (non-hydrogen) atoms. The number of nitrogens with one attached hydrogen (secondary N) is 1. The van der Waals surface area contributed by atoms with Crippen molar-refractivity contribution in [1.29, 1.82) is 0 Å². The van der Waals surface area contributed by atoms with Crippen LogP contribution in [-0.2, 0) is 10.0 Å². The van der Waals surface area contributed by atoms with E-state index in [1.807, 2.05) is 0 Å². The van der Waals surface area contributed by atoms with Gasteiger partial charge >= 0.3 is 0 Å². The van der Waals surface area contributed by atoms with E-state index < -0.39 is 16.1 Å². The number of nitrogens with two attached hydrogens (primary N) is 1. The lowest BCUT2D eigenvalue weighted by Crippen LogP contribution is -2.32. The van der Waals surface area contributed by atoms with Crippen molar-refractivity contribution in [3.8, 4) is 0 Å². The Morgan fingerprint density at radius 3 is 2.40 bits per heavy atom. The Kier molecular flexibility index (Phi) is 4.81. The molecule has 5 nitrogen and oxygen atoms in total. The molecule has 8 heteroatoms. The molecule has 1 aliphatic rings. The van der Waals surface area contributed by atoms with Crippen molar-refractivity contribution in [1.82, 2.24) is 4.72 Å². The van der Waals surface area contributed by atoms with Crippen LogP contribution in [0.3, 0.4) is 0 Å². The van der Waals surface area contributed by atoms with Crippen molar-refractivity contribution in [2.24, 2.45) is 5.92 Å². The van der Waals surface area contributed by atoms with Gasteiger partial charge in [0.1, 0.15) is 4.90 Å². The van der Waals surface area contributed by atoms with Crippen LogP contribution in [0.15, 0.2) is 17.0 Å². The number of nitrogen functional groups attached to an aromatic ring is 1. The third-order valence-electron chi connectivity index (χ3n) is 3.44. The maximum atomic E-state index is 12.2. The van der Waals surface area contributed by atoms with Crippen LogP contribution in [0.1, 0.15) is 19.3 Å². The van der Waals surface area contributed by atoms with Crippen LogP contribution in [0.5, 0.6) is 0 Å². The van der Waals surface area contributed by atoms with E-state index in [1.54, 1.807) is 0 Å². The van der Waals surface area contributed by atoms with Crippen LogP contribution in [0.4, 0.5) is 5.69 Å². The first kappa shape index (κ1) is 15.9. The molecule has 2 atom stereocenters. The summed E-state index contributed by atoms with van der Waals surface area (Å²) in [6.45, 7) is 0.167. The van der Waals surface area contributed by atoms with Crippen LogP contribution in [-0.4, -0.2) is 26.2 Å². The lowest BCUT2D eigenvalue weighted by Gasteiger charge is -2.16. The number of sulfonamides is 1. The molecule has 0 aliphatic heterocycles. The van der Waals surface area contributed by atoms with Crippen LogP contribution in [0, 0.1) is 5.92 Å². The molecule has 1 aromatic carbocycles. The number of hydrogen-bond acceptors (Lipinski definition) is 4. The Morgan fingerprint density at radius 1 is 1.30 bits per heavy atom. The Hall–Kier alpha value is -0.530. The third-order valence-corrected chi connectivity index (χ3v) is 5.79. The van der Waals surface area contributed by atoms with Crippen LogP contribution >= 0.6 is 23.2 Å². The summed E-state index contributed by atoms with van der Waals surface area (Å²) in [6, 6.07) is 2.68. The molecule has 2 rings (SSSR count). The molecular formula is C12H16Cl2N2O3S. The minimum atomic E-state index is -3.83. The number of halogens is 2. The maximum Gasteiger partial charge on any atom is 0.243 e. The highest BCUT2D eigenvalue weighted by molar-refractivity contribution is 7.89. The fraction of sp³-hybridized carbons (Fsp3) is 0.500. The third kappa shape index (κ3) is 3.38. The first-order valence-electron chi connectivity index (χ1n) is 6.23. The number of benzene rings is 1. The summed E-state index contributed by atoms with van der Waals surface area (Å²) in [5.41, 5.74) is 5.84. The molecule has 0 saturated heterocycles. The molecule has 0 amide bonds. The molecule has 1 aromatic rings. The Morgan fingerprint density at radius 2 is 1.90 bits per heavy atom. The lowest BCUT2D eigenvalue weighted by molar-refractivity contribution is 0.134. The van der Waals surface area contributed by atoms with Gasteiger partial charge in [-0.15, -0.1) is 0 Å². The summed E-state index contributed by atoms with van der Waals surface area (Å²) in [5.74, 6) is -0.0730. The van der Waals surface area contributed by atoms with Crippen molar-refractivity contribution in [2.75, 3.05) is 12.3 Å².